The van der Waals surface area contributed by atoms with Crippen molar-refractivity contribution < 1.29 is 28.5 Å². The first-order valence-electron chi connectivity index (χ1n) is 13.8. The number of fused-ring (bicyclic) bond motifs is 2. The van der Waals surface area contributed by atoms with Gasteiger partial charge in [-0.3, -0.25) is 15.0 Å². The van der Waals surface area contributed by atoms with Crippen LogP contribution in [-0.2, 0) is 35.1 Å². The molecule has 2 amide bonds. The molecule has 3 rings (SSSR count). The molecule has 1 heterocycles. The fourth-order valence-corrected chi connectivity index (χ4v) is 4.21. The minimum atomic E-state index is -0.259. The van der Waals surface area contributed by atoms with Gasteiger partial charge in [0.05, 0.1) is 59.3 Å². The largest absolute Gasteiger partial charge is 0.379 e. The number of nitrogens with two attached hydrogens (primary N) is 1. The monoisotopic (exact) mass is 554 g/mol. The van der Waals surface area contributed by atoms with Gasteiger partial charge in [0, 0.05) is 31.7 Å². The summed E-state index contributed by atoms with van der Waals surface area (Å²) in [7, 11) is 0. The summed E-state index contributed by atoms with van der Waals surface area (Å²) in [6.07, 6.45) is 5.80. The number of amides is 2. The van der Waals surface area contributed by atoms with Gasteiger partial charge in [-0.05, 0) is 29.2 Å². The van der Waals surface area contributed by atoms with Gasteiger partial charge in [0.1, 0.15) is 0 Å². The first-order valence-corrected chi connectivity index (χ1v) is 13.8. The third kappa shape index (κ3) is 11.8. The van der Waals surface area contributed by atoms with Crippen molar-refractivity contribution in [2.75, 3.05) is 70.8 Å². The quantitative estimate of drug-likeness (QED) is 0.105. The van der Waals surface area contributed by atoms with Crippen molar-refractivity contribution in [3.05, 3.63) is 65.2 Å². The van der Waals surface area contributed by atoms with Gasteiger partial charge in [0.2, 0.25) is 11.8 Å². The van der Waals surface area contributed by atoms with Gasteiger partial charge < -0.3 is 29.2 Å². The van der Waals surface area contributed by atoms with Crippen molar-refractivity contribution in [2.45, 2.75) is 25.8 Å². The molecule has 0 saturated heterocycles. The van der Waals surface area contributed by atoms with Crippen LogP contribution < -0.4 is 21.5 Å². The molecule has 0 aromatic heterocycles. The van der Waals surface area contributed by atoms with Gasteiger partial charge in [-0.2, -0.15) is 0 Å². The topological polar surface area (TPSA) is 124 Å². The molecule has 0 bridgehead atoms. The van der Waals surface area contributed by atoms with Crippen molar-refractivity contribution in [2.24, 2.45) is 5.84 Å². The average Bonchev–Trinajstić information content (AvgIpc) is 2.97. The molecule has 0 fully saturated rings. The first-order chi connectivity index (χ1) is 19.7. The molecule has 0 spiro atoms. The number of ether oxygens (including phenoxy) is 4. The molecular weight excluding hydrogens is 512 g/mol. The highest BCUT2D eigenvalue weighted by molar-refractivity contribution is 5.80. The maximum Gasteiger partial charge on any atom is 0.236 e. The molecule has 0 radical (unpaired) electrons. The van der Waals surface area contributed by atoms with Crippen LogP contribution in [0.2, 0.25) is 0 Å². The molecule has 0 aliphatic carbocycles. The van der Waals surface area contributed by atoms with Crippen molar-refractivity contribution in [1.29, 1.82) is 0 Å². The Labute approximate surface area is 236 Å². The Kier molecular flexibility index (Phi) is 14.8. The Morgan fingerprint density at radius 2 is 1.32 bits per heavy atom. The lowest BCUT2D eigenvalue weighted by atomic mass is 10.0. The summed E-state index contributed by atoms with van der Waals surface area (Å²) in [4.78, 5) is 25.6. The van der Waals surface area contributed by atoms with Gasteiger partial charge in [-0.25, -0.2) is 5.84 Å². The number of nitrogens with zero attached hydrogens (tertiary/aromatic N) is 1. The molecule has 2 aromatic rings. The third-order valence-electron chi connectivity index (χ3n) is 6.29. The molecule has 2 aromatic carbocycles. The second-order valence-corrected chi connectivity index (χ2v) is 9.23. The number of hydrogen-bond donors (Lipinski definition) is 3. The van der Waals surface area contributed by atoms with E-state index in [1.165, 1.54) is 22.4 Å². The van der Waals surface area contributed by atoms with E-state index >= 15 is 0 Å². The lowest BCUT2D eigenvalue weighted by Gasteiger charge is -2.28. The minimum Gasteiger partial charge on any atom is -0.379 e. The fourth-order valence-electron chi connectivity index (χ4n) is 4.21. The van der Waals surface area contributed by atoms with E-state index in [4.69, 9.17) is 24.8 Å². The van der Waals surface area contributed by atoms with Crippen LogP contribution in [0.15, 0.2) is 48.5 Å². The number of carbonyl (C=O) groups excluding carboxylic acids is 2. The van der Waals surface area contributed by atoms with Crippen LogP contribution in [0.1, 0.15) is 36.0 Å². The predicted molar refractivity (Wildman–Crippen MR) is 155 cm³/mol. The molecule has 4 N–H and O–H groups in total. The van der Waals surface area contributed by atoms with Gasteiger partial charge in [-0.15, -0.1) is 0 Å². The van der Waals surface area contributed by atoms with Crippen molar-refractivity contribution in [3.8, 4) is 0 Å². The highest BCUT2D eigenvalue weighted by Crippen LogP contribution is 2.28. The highest BCUT2D eigenvalue weighted by Gasteiger charge is 2.15. The summed E-state index contributed by atoms with van der Waals surface area (Å²) in [6, 6.07) is 16.8. The number of para-hydroxylation sites is 1. The summed E-state index contributed by atoms with van der Waals surface area (Å²) >= 11 is 0. The van der Waals surface area contributed by atoms with Crippen molar-refractivity contribution in [1.82, 2.24) is 10.7 Å². The summed E-state index contributed by atoms with van der Waals surface area (Å²) in [5, 5.41) is 2.93. The van der Waals surface area contributed by atoms with E-state index in [1.54, 1.807) is 0 Å². The average molecular weight is 555 g/mol. The van der Waals surface area contributed by atoms with Gasteiger partial charge >= 0.3 is 0 Å². The van der Waals surface area contributed by atoms with Crippen LogP contribution in [0.25, 0.3) is 12.2 Å². The maximum absolute atomic E-state index is 12.3. The van der Waals surface area contributed by atoms with Crippen molar-refractivity contribution in [3.63, 3.8) is 0 Å². The number of rotatable bonds is 19. The molecule has 10 nitrogen and oxygen atoms in total. The van der Waals surface area contributed by atoms with E-state index in [9.17, 15) is 9.59 Å². The van der Waals surface area contributed by atoms with Gasteiger partial charge in [0.25, 0.3) is 0 Å². The molecule has 0 unspecified atom stereocenters. The van der Waals surface area contributed by atoms with E-state index in [-0.39, 0.29) is 18.2 Å². The molecule has 0 atom stereocenters. The van der Waals surface area contributed by atoms with E-state index in [0.717, 1.165) is 19.5 Å². The van der Waals surface area contributed by atoms with E-state index in [2.05, 4.69) is 70.9 Å². The normalized spacial score (nSPS) is 13.1. The zero-order valence-corrected chi connectivity index (χ0v) is 23.1. The number of benzene rings is 2. The SMILES string of the molecule is NNC(=O)CCOCCOCCOCCOCCNC(=O)CCCN1Cc2ccccc2/C=C\c2ccccc21. The lowest BCUT2D eigenvalue weighted by Crippen LogP contribution is -2.30. The summed E-state index contributed by atoms with van der Waals surface area (Å²) in [6.45, 7) is 5.48. The highest BCUT2D eigenvalue weighted by atomic mass is 16.6. The van der Waals surface area contributed by atoms with Gasteiger partial charge in [-0.1, -0.05) is 54.6 Å². The van der Waals surface area contributed by atoms with Crippen LogP contribution in [0.4, 0.5) is 5.69 Å². The third-order valence-corrected chi connectivity index (χ3v) is 6.29. The van der Waals surface area contributed by atoms with Crippen molar-refractivity contribution >= 4 is 29.7 Å². The summed E-state index contributed by atoms with van der Waals surface area (Å²) < 4.78 is 21.6. The number of anilines is 1. The Balaban J connectivity index is 1.19. The number of hydrogen-bond acceptors (Lipinski definition) is 8. The van der Waals surface area contributed by atoms with Crippen LogP contribution in [0.5, 0.6) is 0 Å². The molecule has 1 aliphatic rings. The van der Waals surface area contributed by atoms with E-state index in [1.807, 2.05) is 5.43 Å². The molecule has 1 aliphatic heterocycles. The first kappa shape index (κ1) is 31.3. The lowest BCUT2D eigenvalue weighted by molar-refractivity contribution is -0.122. The van der Waals surface area contributed by atoms with E-state index < -0.39 is 0 Å². The molecule has 40 heavy (non-hydrogen) atoms. The molecule has 218 valence electrons. The Hall–Kier alpha value is -3.28. The van der Waals surface area contributed by atoms with Crippen LogP contribution in [0, 0.1) is 0 Å². The Bertz CT molecular complexity index is 1060. The molecular formula is C30H42N4O6. The van der Waals surface area contributed by atoms with Crippen LogP contribution >= 0.6 is 0 Å². The fraction of sp³-hybridized carbons (Fsp3) is 0.467. The second kappa shape index (κ2) is 18.9. The van der Waals surface area contributed by atoms with Crippen LogP contribution in [0.3, 0.4) is 0 Å². The van der Waals surface area contributed by atoms with E-state index in [0.29, 0.717) is 65.8 Å². The predicted octanol–water partition coefficient (Wildman–Crippen LogP) is 2.52. The summed E-state index contributed by atoms with van der Waals surface area (Å²) in [5.74, 6) is 4.76. The second-order valence-electron chi connectivity index (χ2n) is 9.23. The zero-order chi connectivity index (χ0) is 28.3. The smallest absolute Gasteiger partial charge is 0.236 e. The minimum absolute atomic E-state index is 0.0317. The molecule has 0 saturated carbocycles. The number of hydrazine groups is 1. The Morgan fingerprint density at radius 1 is 0.725 bits per heavy atom. The number of nitrogens with one attached hydrogen (secondary N) is 2. The van der Waals surface area contributed by atoms with Crippen LogP contribution in [-0.4, -0.2) is 77.8 Å². The molecule has 10 heteroatoms. The number of carbonyl (C=O) groups is 2. The Morgan fingerprint density at radius 3 is 2.05 bits per heavy atom. The summed E-state index contributed by atoms with van der Waals surface area (Å²) in [5.41, 5.74) is 6.93. The standard InChI is InChI=1S/C30H42N4O6/c31-33-30(36)13-16-37-18-20-39-22-23-40-21-19-38-17-14-32-29(35)10-5-15-34-24-27-8-2-1-6-25(27)11-12-26-7-3-4-9-28(26)34/h1-4,6-9,11-12H,5,10,13-24,31H2,(H,32,35)(H,33,36)/b12-11-. The van der Waals surface area contributed by atoms with Gasteiger partial charge in [0.15, 0.2) is 0 Å². The maximum atomic E-state index is 12.3. The zero-order valence-electron chi connectivity index (χ0n) is 23.1.